The zero-order valence-corrected chi connectivity index (χ0v) is 26.4. The Balaban J connectivity index is 1.23. The third-order valence-electron chi connectivity index (χ3n) is 10.7. The summed E-state index contributed by atoms with van der Waals surface area (Å²) in [5.41, 5.74) is 2.01. The van der Waals surface area contributed by atoms with E-state index in [-0.39, 0.29) is 22.5 Å². The lowest BCUT2D eigenvalue weighted by Gasteiger charge is -2.40. The number of aryl methyl sites for hydroxylation is 1. The molecular formula is C37H42F2N6. The number of pyridine rings is 1. The lowest BCUT2D eigenvalue weighted by Crippen LogP contribution is -2.58. The number of benzene rings is 1. The monoisotopic (exact) mass is 608 g/mol. The van der Waals surface area contributed by atoms with E-state index in [9.17, 15) is 4.39 Å². The molecule has 2 aromatic heterocycles. The third kappa shape index (κ3) is 5.55. The van der Waals surface area contributed by atoms with Crippen molar-refractivity contribution >= 4 is 29.4 Å². The van der Waals surface area contributed by atoms with Gasteiger partial charge < -0.3 is 10.2 Å². The van der Waals surface area contributed by atoms with E-state index in [0.29, 0.717) is 34.3 Å². The van der Waals surface area contributed by atoms with Crippen LogP contribution in [0.25, 0.3) is 23.6 Å². The van der Waals surface area contributed by atoms with Gasteiger partial charge >= 0.3 is 0 Å². The highest BCUT2D eigenvalue weighted by Crippen LogP contribution is 2.42. The highest BCUT2D eigenvalue weighted by molar-refractivity contribution is 5.89. The number of allylic oxidation sites excluding steroid dienone is 2. The summed E-state index contributed by atoms with van der Waals surface area (Å²) in [6.45, 7) is 12.2. The number of hydrogen-bond acceptors (Lipinski definition) is 6. The molecule has 4 saturated heterocycles. The summed E-state index contributed by atoms with van der Waals surface area (Å²) in [5, 5.41) is 5.64. The van der Waals surface area contributed by atoms with E-state index in [1.54, 1.807) is 12.3 Å². The van der Waals surface area contributed by atoms with Crippen LogP contribution in [0.3, 0.4) is 0 Å². The number of nitrogens with zero attached hydrogens (tertiary/aromatic N) is 5. The Morgan fingerprint density at radius 1 is 1.20 bits per heavy atom. The van der Waals surface area contributed by atoms with Gasteiger partial charge in [0.1, 0.15) is 23.0 Å². The van der Waals surface area contributed by atoms with Crippen LogP contribution >= 0.6 is 0 Å². The lowest BCUT2D eigenvalue weighted by molar-refractivity contribution is 0.182. The summed E-state index contributed by atoms with van der Waals surface area (Å²) in [6.07, 6.45) is 20.3. The summed E-state index contributed by atoms with van der Waals surface area (Å²) >= 11 is 0. The molecule has 4 fully saturated rings. The van der Waals surface area contributed by atoms with E-state index in [1.807, 2.05) is 19.1 Å². The first-order valence-electron chi connectivity index (χ1n) is 16.4. The fourth-order valence-corrected chi connectivity index (χ4v) is 8.39. The van der Waals surface area contributed by atoms with E-state index < -0.39 is 5.82 Å². The molecule has 4 aliphatic rings. The first-order chi connectivity index (χ1) is 21.7. The van der Waals surface area contributed by atoms with Gasteiger partial charge in [-0.1, -0.05) is 36.3 Å². The standard InChI is InChI=1S/C37H42F2N6/c1-5-28-25(3)26(9-10-30(28)38)20-24(2)8-11-31-33(39)34-29(21-40-31)35(44-22-27-12-16-36(4,23-44)43-27)42-32(41-34)13-17-37-14-6-18-45(37)19-7-15-37/h1,8-10,20-21,27,43H,3,6-7,11-19,22-23H2,2,4H3/b24-8-,26-20-. The summed E-state index contributed by atoms with van der Waals surface area (Å²) in [6, 6.07) is 3.41. The Labute approximate surface area is 264 Å². The third-order valence-corrected chi connectivity index (χ3v) is 10.7. The first kappa shape index (κ1) is 30.0. The van der Waals surface area contributed by atoms with Crippen LogP contribution in [0, 0.1) is 24.0 Å². The van der Waals surface area contributed by atoms with Gasteiger partial charge in [0.15, 0.2) is 5.82 Å². The zero-order valence-electron chi connectivity index (χ0n) is 26.4. The number of hydrogen-bond donors (Lipinski definition) is 1. The normalized spacial score (nSPS) is 24.9. The maximum Gasteiger partial charge on any atom is 0.171 e. The van der Waals surface area contributed by atoms with E-state index in [0.717, 1.165) is 61.2 Å². The van der Waals surface area contributed by atoms with Gasteiger partial charge in [0.05, 0.1) is 16.6 Å². The molecular weight excluding hydrogens is 566 g/mol. The van der Waals surface area contributed by atoms with E-state index in [1.165, 1.54) is 44.8 Å². The molecule has 0 radical (unpaired) electrons. The van der Waals surface area contributed by atoms with Crippen molar-refractivity contribution in [3.05, 3.63) is 69.1 Å². The molecule has 0 spiro atoms. The Bertz CT molecular complexity index is 1830. The highest BCUT2D eigenvalue weighted by atomic mass is 19.1. The fraction of sp³-hybridized carbons (Fsp3) is 0.486. The molecule has 0 amide bonds. The molecule has 6 heterocycles. The SMILES string of the molecule is C#Cc1c(F)cc/c(=C/C(C)=C\Cc2ncc3c(N4CC5CCC(C)(C4)N5)nc(CCC45CCCN4CCC5)nc3c2F)c1=C. The van der Waals surface area contributed by atoms with E-state index in [4.69, 9.17) is 16.4 Å². The van der Waals surface area contributed by atoms with Crippen molar-refractivity contribution in [2.24, 2.45) is 0 Å². The fourth-order valence-electron chi connectivity index (χ4n) is 8.39. The number of rotatable bonds is 7. The van der Waals surface area contributed by atoms with Crippen molar-refractivity contribution in [1.82, 2.24) is 25.2 Å². The Hall–Kier alpha value is -3.67. The van der Waals surface area contributed by atoms with Gasteiger partial charge in [0.25, 0.3) is 0 Å². The van der Waals surface area contributed by atoms with Crippen LogP contribution in [-0.2, 0) is 12.8 Å². The van der Waals surface area contributed by atoms with Gasteiger partial charge in [-0.2, -0.15) is 0 Å². The minimum absolute atomic E-state index is 0.0254. The molecule has 1 N–H and O–H groups in total. The van der Waals surface area contributed by atoms with Crippen LogP contribution in [0.2, 0.25) is 0 Å². The van der Waals surface area contributed by atoms with Gasteiger partial charge in [0.2, 0.25) is 0 Å². The zero-order chi connectivity index (χ0) is 31.3. The van der Waals surface area contributed by atoms with Crippen molar-refractivity contribution in [3.8, 4) is 12.3 Å². The van der Waals surface area contributed by atoms with E-state index in [2.05, 4.69) is 39.5 Å². The summed E-state index contributed by atoms with van der Waals surface area (Å²) < 4.78 is 30.4. The predicted octanol–water partition coefficient (Wildman–Crippen LogP) is 4.56. The van der Waals surface area contributed by atoms with Gasteiger partial charge in [-0.3, -0.25) is 9.88 Å². The average Bonchev–Trinajstić information content (AvgIpc) is 3.68. The summed E-state index contributed by atoms with van der Waals surface area (Å²) in [4.78, 5) is 19.6. The second kappa shape index (κ2) is 11.6. The molecule has 8 heteroatoms. The first-order valence-corrected chi connectivity index (χ1v) is 16.4. The predicted molar refractivity (Wildman–Crippen MR) is 176 cm³/mol. The second-order valence-electron chi connectivity index (χ2n) is 13.9. The lowest BCUT2D eigenvalue weighted by atomic mass is 9.88. The van der Waals surface area contributed by atoms with Crippen molar-refractivity contribution in [1.29, 1.82) is 0 Å². The highest BCUT2D eigenvalue weighted by Gasteiger charge is 2.44. The largest absolute Gasteiger partial charge is 0.353 e. The van der Waals surface area contributed by atoms with Crippen molar-refractivity contribution in [2.75, 3.05) is 31.1 Å². The van der Waals surface area contributed by atoms with Crippen LogP contribution in [0.1, 0.15) is 75.9 Å². The molecule has 0 saturated carbocycles. The molecule has 2 atom stereocenters. The number of anilines is 1. The molecule has 2 bridgehead atoms. The summed E-state index contributed by atoms with van der Waals surface area (Å²) in [5.74, 6) is 3.06. The Kier molecular flexibility index (Phi) is 7.74. The molecule has 2 unspecified atom stereocenters. The molecule has 0 aliphatic carbocycles. The van der Waals surface area contributed by atoms with Gasteiger partial charge in [0, 0.05) is 49.2 Å². The number of fused-ring (bicyclic) bond motifs is 4. The Morgan fingerprint density at radius 3 is 2.76 bits per heavy atom. The smallest absolute Gasteiger partial charge is 0.171 e. The number of nitrogens with one attached hydrogen (secondary N) is 1. The van der Waals surface area contributed by atoms with Crippen LogP contribution in [0.5, 0.6) is 0 Å². The van der Waals surface area contributed by atoms with Crippen LogP contribution < -0.4 is 20.7 Å². The van der Waals surface area contributed by atoms with Gasteiger partial charge in [-0.15, -0.1) is 6.42 Å². The molecule has 1 aromatic carbocycles. The quantitative estimate of drug-likeness (QED) is 0.397. The summed E-state index contributed by atoms with van der Waals surface area (Å²) in [7, 11) is 0. The van der Waals surface area contributed by atoms with Crippen molar-refractivity contribution < 1.29 is 8.78 Å². The number of terminal acetylenes is 1. The number of aromatic nitrogens is 3. The number of halogens is 2. The van der Waals surface area contributed by atoms with Gasteiger partial charge in [-0.25, -0.2) is 18.7 Å². The minimum atomic E-state index is -0.463. The molecule has 3 aromatic rings. The maximum atomic E-state index is 16.4. The average molecular weight is 609 g/mol. The molecule has 4 aliphatic heterocycles. The van der Waals surface area contributed by atoms with Crippen LogP contribution in [-0.4, -0.2) is 63.2 Å². The van der Waals surface area contributed by atoms with Crippen LogP contribution in [0.4, 0.5) is 14.6 Å². The molecule has 6 nitrogen and oxygen atoms in total. The van der Waals surface area contributed by atoms with E-state index >= 15 is 4.39 Å². The molecule has 234 valence electrons. The molecule has 45 heavy (non-hydrogen) atoms. The maximum absolute atomic E-state index is 16.4. The van der Waals surface area contributed by atoms with Gasteiger partial charge in [-0.05, 0) is 88.4 Å². The van der Waals surface area contributed by atoms with Crippen molar-refractivity contribution in [3.63, 3.8) is 0 Å². The topological polar surface area (TPSA) is 57.2 Å². The number of piperazine rings is 1. The molecule has 7 rings (SSSR count). The second-order valence-corrected chi connectivity index (χ2v) is 13.9. The minimum Gasteiger partial charge on any atom is -0.353 e. The van der Waals surface area contributed by atoms with Crippen LogP contribution in [0.15, 0.2) is 30.0 Å². The van der Waals surface area contributed by atoms with Crippen molar-refractivity contribution in [2.45, 2.75) is 88.8 Å². The Morgan fingerprint density at radius 2 is 2.00 bits per heavy atom.